The summed E-state index contributed by atoms with van der Waals surface area (Å²) in [6, 6.07) is 2.01. The van der Waals surface area contributed by atoms with Gasteiger partial charge in [-0.3, -0.25) is 0 Å². The maximum absolute atomic E-state index is 12.2. The summed E-state index contributed by atoms with van der Waals surface area (Å²) < 4.78 is 28.6. The highest BCUT2D eigenvalue weighted by atomic mass is 32.2. The minimum absolute atomic E-state index is 0.400. The number of hydrogen-bond donors (Lipinski definition) is 1. The number of hydrogen-bond acceptors (Lipinski definition) is 3. The van der Waals surface area contributed by atoms with Crippen molar-refractivity contribution < 1.29 is 8.42 Å². The molecule has 1 aliphatic heterocycles. The van der Waals surface area contributed by atoms with E-state index in [4.69, 9.17) is 0 Å². The molecule has 0 unspecified atom stereocenters. The lowest BCUT2D eigenvalue weighted by atomic mass is 10.0. The van der Waals surface area contributed by atoms with Gasteiger partial charge in [-0.05, 0) is 42.7 Å². The topological polar surface area (TPSA) is 49.4 Å². The molecule has 102 valence electrons. The van der Waals surface area contributed by atoms with E-state index in [1.165, 1.54) is 0 Å². The molecule has 0 bridgehead atoms. The Morgan fingerprint density at radius 1 is 1.56 bits per heavy atom. The van der Waals surface area contributed by atoms with Gasteiger partial charge in [0, 0.05) is 24.5 Å². The van der Waals surface area contributed by atoms with E-state index >= 15 is 0 Å². The SMILES string of the molecule is Cc1ccsc1CNS(=O)(=O)N1CCC[C@@H](C)C1. The molecular formula is C12H20N2O2S2. The van der Waals surface area contributed by atoms with E-state index in [1.807, 2.05) is 18.4 Å². The summed E-state index contributed by atoms with van der Waals surface area (Å²) in [6.45, 7) is 5.78. The largest absolute Gasteiger partial charge is 0.279 e. The Morgan fingerprint density at radius 3 is 2.94 bits per heavy atom. The van der Waals surface area contributed by atoms with Crippen molar-refractivity contribution in [3.63, 3.8) is 0 Å². The molecule has 0 amide bonds. The predicted molar refractivity (Wildman–Crippen MR) is 74.8 cm³/mol. The van der Waals surface area contributed by atoms with Gasteiger partial charge in [0.1, 0.15) is 0 Å². The molecule has 1 aromatic rings. The normalized spacial score (nSPS) is 22.2. The molecule has 6 heteroatoms. The highest BCUT2D eigenvalue weighted by Gasteiger charge is 2.26. The number of aryl methyl sites for hydroxylation is 1. The molecule has 1 aliphatic rings. The van der Waals surface area contributed by atoms with Crippen LogP contribution in [0, 0.1) is 12.8 Å². The summed E-state index contributed by atoms with van der Waals surface area (Å²) in [7, 11) is -3.32. The standard InChI is InChI=1S/C12H20N2O2S2/c1-10-4-3-6-14(9-10)18(15,16)13-8-12-11(2)5-7-17-12/h5,7,10,13H,3-4,6,8-9H2,1-2H3/t10-/m1/s1. The highest BCUT2D eigenvalue weighted by Crippen LogP contribution is 2.19. The van der Waals surface area contributed by atoms with Gasteiger partial charge in [0.25, 0.3) is 10.2 Å². The molecule has 4 nitrogen and oxygen atoms in total. The Hall–Kier alpha value is -0.430. The lowest BCUT2D eigenvalue weighted by molar-refractivity contribution is 0.278. The molecule has 1 fully saturated rings. The lowest BCUT2D eigenvalue weighted by Gasteiger charge is -2.29. The fraction of sp³-hybridized carbons (Fsp3) is 0.667. The molecule has 1 aromatic heterocycles. The van der Waals surface area contributed by atoms with E-state index in [9.17, 15) is 8.42 Å². The predicted octanol–water partition coefficient (Wildman–Crippen LogP) is 2.12. The van der Waals surface area contributed by atoms with Crippen molar-refractivity contribution in [1.29, 1.82) is 0 Å². The lowest BCUT2D eigenvalue weighted by Crippen LogP contribution is -2.45. The zero-order valence-corrected chi connectivity index (χ0v) is 12.5. The minimum atomic E-state index is -3.32. The van der Waals surface area contributed by atoms with Crippen LogP contribution in [0.3, 0.4) is 0 Å². The Morgan fingerprint density at radius 2 is 2.33 bits per heavy atom. The monoisotopic (exact) mass is 288 g/mol. The zero-order chi connectivity index (χ0) is 13.2. The summed E-state index contributed by atoms with van der Waals surface area (Å²) in [5.41, 5.74) is 1.15. The van der Waals surface area contributed by atoms with Gasteiger partial charge in [0.05, 0.1) is 0 Å². The first-order valence-electron chi connectivity index (χ1n) is 6.27. The van der Waals surface area contributed by atoms with Gasteiger partial charge >= 0.3 is 0 Å². The fourth-order valence-electron chi connectivity index (χ4n) is 2.20. The van der Waals surface area contributed by atoms with Gasteiger partial charge in [-0.2, -0.15) is 17.4 Å². The third-order valence-corrected chi connectivity index (χ3v) is 5.89. The van der Waals surface area contributed by atoms with E-state index in [0.717, 1.165) is 23.3 Å². The van der Waals surface area contributed by atoms with Gasteiger partial charge in [0.2, 0.25) is 0 Å². The summed E-state index contributed by atoms with van der Waals surface area (Å²) in [4.78, 5) is 1.09. The molecule has 2 rings (SSSR count). The van der Waals surface area contributed by atoms with Crippen LogP contribution in [0.5, 0.6) is 0 Å². The average molecular weight is 288 g/mol. The van der Waals surface area contributed by atoms with Crippen LogP contribution in [0.25, 0.3) is 0 Å². The average Bonchev–Trinajstić information content (AvgIpc) is 2.72. The molecular weight excluding hydrogens is 268 g/mol. The Bertz CT molecular complexity index is 496. The fourth-order valence-corrected chi connectivity index (χ4v) is 4.46. The van der Waals surface area contributed by atoms with Crippen LogP contribution >= 0.6 is 11.3 Å². The Balaban J connectivity index is 1.97. The summed E-state index contributed by atoms with van der Waals surface area (Å²) in [6.07, 6.45) is 2.08. The van der Waals surface area contributed by atoms with E-state index in [0.29, 0.717) is 25.6 Å². The minimum Gasteiger partial charge on any atom is -0.197 e. The van der Waals surface area contributed by atoms with Crippen molar-refractivity contribution in [2.45, 2.75) is 33.2 Å². The van der Waals surface area contributed by atoms with Crippen LogP contribution in [0.2, 0.25) is 0 Å². The second kappa shape index (κ2) is 5.69. The van der Waals surface area contributed by atoms with E-state index in [1.54, 1.807) is 15.6 Å². The van der Waals surface area contributed by atoms with Crippen molar-refractivity contribution in [1.82, 2.24) is 9.03 Å². The van der Waals surface area contributed by atoms with Crippen LogP contribution in [-0.4, -0.2) is 25.8 Å². The Labute approximate surface area is 113 Å². The van der Waals surface area contributed by atoms with Crippen molar-refractivity contribution in [2.24, 2.45) is 5.92 Å². The first-order chi connectivity index (χ1) is 8.49. The van der Waals surface area contributed by atoms with Crippen LogP contribution in [-0.2, 0) is 16.8 Å². The molecule has 1 atom stereocenters. The summed E-state index contributed by atoms with van der Waals surface area (Å²) in [5.74, 6) is 0.457. The molecule has 1 N–H and O–H groups in total. The maximum Gasteiger partial charge on any atom is 0.279 e. The van der Waals surface area contributed by atoms with Crippen LogP contribution in [0.4, 0.5) is 0 Å². The first-order valence-corrected chi connectivity index (χ1v) is 8.58. The third-order valence-electron chi connectivity index (χ3n) is 3.34. The number of nitrogens with zero attached hydrogens (tertiary/aromatic N) is 1. The van der Waals surface area contributed by atoms with Gasteiger partial charge in [0.15, 0.2) is 0 Å². The Kier molecular flexibility index (Phi) is 4.42. The van der Waals surface area contributed by atoms with Crippen molar-refractivity contribution in [2.75, 3.05) is 13.1 Å². The van der Waals surface area contributed by atoms with Crippen molar-refractivity contribution >= 4 is 21.5 Å². The van der Waals surface area contributed by atoms with Crippen LogP contribution < -0.4 is 4.72 Å². The summed E-state index contributed by atoms with van der Waals surface area (Å²) >= 11 is 1.59. The molecule has 0 saturated carbocycles. The van der Waals surface area contributed by atoms with E-state index < -0.39 is 10.2 Å². The number of nitrogens with one attached hydrogen (secondary N) is 1. The molecule has 18 heavy (non-hydrogen) atoms. The molecule has 2 heterocycles. The van der Waals surface area contributed by atoms with Gasteiger partial charge < -0.3 is 0 Å². The van der Waals surface area contributed by atoms with Crippen LogP contribution in [0.1, 0.15) is 30.2 Å². The maximum atomic E-state index is 12.2. The smallest absolute Gasteiger partial charge is 0.197 e. The molecule has 1 saturated heterocycles. The van der Waals surface area contributed by atoms with E-state index in [-0.39, 0.29) is 0 Å². The van der Waals surface area contributed by atoms with Crippen LogP contribution in [0.15, 0.2) is 11.4 Å². The molecule has 0 aliphatic carbocycles. The third kappa shape index (κ3) is 3.32. The first kappa shape index (κ1) is 14.0. The van der Waals surface area contributed by atoms with Gasteiger partial charge in [-0.15, -0.1) is 11.3 Å². The second-order valence-electron chi connectivity index (χ2n) is 4.96. The summed E-state index contributed by atoms with van der Waals surface area (Å²) in [5, 5.41) is 1.99. The molecule has 0 aromatic carbocycles. The van der Waals surface area contributed by atoms with Crippen molar-refractivity contribution in [3.8, 4) is 0 Å². The van der Waals surface area contributed by atoms with E-state index in [2.05, 4.69) is 11.6 Å². The number of rotatable bonds is 4. The number of thiophene rings is 1. The highest BCUT2D eigenvalue weighted by molar-refractivity contribution is 7.87. The molecule has 0 radical (unpaired) electrons. The van der Waals surface area contributed by atoms with Crippen molar-refractivity contribution in [3.05, 3.63) is 21.9 Å². The number of piperidine rings is 1. The zero-order valence-electron chi connectivity index (χ0n) is 10.8. The second-order valence-corrected chi connectivity index (χ2v) is 7.71. The quantitative estimate of drug-likeness (QED) is 0.922. The van der Waals surface area contributed by atoms with Gasteiger partial charge in [-0.1, -0.05) is 6.92 Å². The van der Waals surface area contributed by atoms with Gasteiger partial charge in [-0.25, -0.2) is 0 Å². The molecule has 0 spiro atoms.